The van der Waals surface area contributed by atoms with Crippen LogP contribution in [0.3, 0.4) is 0 Å². The van der Waals surface area contributed by atoms with Crippen LogP contribution in [0.4, 0.5) is 0 Å². The zero-order chi connectivity index (χ0) is 15.9. The van der Waals surface area contributed by atoms with Gasteiger partial charge < -0.3 is 14.7 Å². The maximum Gasteiger partial charge on any atom is 0.259 e. The van der Waals surface area contributed by atoms with E-state index in [1.54, 1.807) is 35.4 Å². The second-order valence-electron chi connectivity index (χ2n) is 4.52. The Kier molecular flexibility index (Phi) is 5.91. The van der Waals surface area contributed by atoms with Gasteiger partial charge >= 0.3 is 0 Å². The van der Waals surface area contributed by atoms with E-state index in [0.29, 0.717) is 17.9 Å². The fourth-order valence-corrected chi connectivity index (χ4v) is 2.35. The Morgan fingerprint density at radius 3 is 2.86 bits per heavy atom. The molecule has 0 spiro atoms. The normalized spacial score (nSPS) is 10.3. The molecule has 2 aromatic rings. The molecule has 5 nitrogen and oxygen atoms in total. The van der Waals surface area contributed by atoms with Gasteiger partial charge in [-0.1, -0.05) is 22.0 Å². The molecular formula is C16H17BrN2O3. The minimum atomic E-state index is -0.213. The predicted octanol–water partition coefficient (Wildman–Crippen LogP) is 3.09. The van der Waals surface area contributed by atoms with Crippen molar-refractivity contribution in [2.75, 3.05) is 19.7 Å². The van der Waals surface area contributed by atoms with Crippen molar-refractivity contribution < 1.29 is 14.6 Å². The molecule has 116 valence electrons. The summed E-state index contributed by atoms with van der Waals surface area (Å²) in [5, 5.41) is 9.05. The molecule has 22 heavy (non-hydrogen) atoms. The number of aliphatic hydroxyl groups excluding tert-OH is 1. The molecule has 0 fully saturated rings. The van der Waals surface area contributed by atoms with E-state index < -0.39 is 0 Å². The van der Waals surface area contributed by atoms with E-state index in [-0.39, 0.29) is 24.9 Å². The van der Waals surface area contributed by atoms with Gasteiger partial charge in [0.1, 0.15) is 11.3 Å². The number of hydrogen-bond donors (Lipinski definition) is 1. The second kappa shape index (κ2) is 7.91. The van der Waals surface area contributed by atoms with Crippen LogP contribution in [0.1, 0.15) is 17.3 Å². The minimum absolute atomic E-state index is 0.0817. The van der Waals surface area contributed by atoms with E-state index >= 15 is 0 Å². The Labute approximate surface area is 137 Å². The topological polar surface area (TPSA) is 62.7 Å². The molecule has 0 aliphatic rings. The van der Waals surface area contributed by atoms with Crippen molar-refractivity contribution in [3.8, 4) is 11.6 Å². The maximum absolute atomic E-state index is 12.5. The highest BCUT2D eigenvalue weighted by Crippen LogP contribution is 2.26. The van der Waals surface area contributed by atoms with Gasteiger partial charge in [-0.3, -0.25) is 4.79 Å². The van der Waals surface area contributed by atoms with Gasteiger partial charge in [0.05, 0.1) is 6.61 Å². The molecule has 1 aromatic heterocycles. The first-order chi connectivity index (χ1) is 10.7. The molecule has 1 heterocycles. The summed E-state index contributed by atoms with van der Waals surface area (Å²) in [7, 11) is 0. The van der Waals surface area contributed by atoms with Crippen LogP contribution in [-0.2, 0) is 0 Å². The Morgan fingerprint density at radius 1 is 1.36 bits per heavy atom. The number of pyridine rings is 1. The van der Waals surface area contributed by atoms with Crippen LogP contribution >= 0.6 is 15.9 Å². The summed E-state index contributed by atoms with van der Waals surface area (Å²) in [5.74, 6) is 0.629. The number of carbonyl (C=O) groups excluding carboxylic acids is 1. The Balaban J connectivity index is 2.28. The van der Waals surface area contributed by atoms with E-state index in [1.165, 1.54) is 0 Å². The number of benzene rings is 1. The maximum atomic E-state index is 12.5. The van der Waals surface area contributed by atoms with Crippen molar-refractivity contribution in [1.82, 2.24) is 9.88 Å². The molecule has 1 aromatic carbocycles. The Hall–Kier alpha value is -1.92. The van der Waals surface area contributed by atoms with Crippen molar-refractivity contribution in [2.24, 2.45) is 0 Å². The van der Waals surface area contributed by atoms with Gasteiger partial charge in [0.2, 0.25) is 5.88 Å². The molecule has 0 saturated carbocycles. The van der Waals surface area contributed by atoms with Crippen LogP contribution in [0.2, 0.25) is 0 Å². The van der Waals surface area contributed by atoms with Crippen LogP contribution in [-0.4, -0.2) is 40.6 Å². The molecule has 0 bridgehead atoms. The largest absolute Gasteiger partial charge is 0.438 e. The lowest BCUT2D eigenvalue weighted by atomic mass is 10.2. The van der Waals surface area contributed by atoms with Gasteiger partial charge in [-0.25, -0.2) is 4.98 Å². The quantitative estimate of drug-likeness (QED) is 0.855. The summed E-state index contributed by atoms with van der Waals surface area (Å²) >= 11 is 3.37. The van der Waals surface area contributed by atoms with E-state index in [0.717, 1.165) is 4.47 Å². The van der Waals surface area contributed by atoms with Gasteiger partial charge in [-0.15, -0.1) is 0 Å². The number of carbonyl (C=O) groups is 1. The number of halogens is 1. The van der Waals surface area contributed by atoms with Gasteiger partial charge in [0, 0.05) is 23.8 Å². The van der Waals surface area contributed by atoms with E-state index in [4.69, 9.17) is 9.84 Å². The highest BCUT2D eigenvalue weighted by Gasteiger charge is 2.19. The van der Waals surface area contributed by atoms with Crippen molar-refractivity contribution in [3.05, 3.63) is 52.6 Å². The monoisotopic (exact) mass is 364 g/mol. The van der Waals surface area contributed by atoms with Crippen LogP contribution in [0.25, 0.3) is 0 Å². The van der Waals surface area contributed by atoms with Gasteiger partial charge in [-0.05, 0) is 37.3 Å². The third-order valence-corrected chi connectivity index (χ3v) is 3.54. The summed E-state index contributed by atoms with van der Waals surface area (Å²) in [5.41, 5.74) is 0.373. The number of aliphatic hydroxyl groups is 1. The highest BCUT2D eigenvalue weighted by molar-refractivity contribution is 9.10. The average Bonchev–Trinajstić information content (AvgIpc) is 2.52. The molecule has 0 atom stereocenters. The van der Waals surface area contributed by atoms with Gasteiger partial charge in [0.25, 0.3) is 5.91 Å². The van der Waals surface area contributed by atoms with Crippen molar-refractivity contribution in [1.29, 1.82) is 0 Å². The van der Waals surface area contributed by atoms with Crippen molar-refractivity contribution in [2.45, 2.75) is 6.92 Å². The number of nitrogens with zero attached hydrogens (tertiary/aromatic N) is 2. The predicted molar refractivity (Wildman–Crippen MR) is 87.1 cm³/mol. The molecule has 2 rings (SSSR count). The zero-order valence-corrected chi connectivity index (χ0v) is 13.8. The molecule has 0 aliphatic carbocycles. The summed E-state index contributed by atoms with van der Waals surface area (Å²) < 4.78 is 6.61. The number of likely N-dealkylation sites (N-methyl/N-ethyl adjacent to an activating group) is 1. The zero-order valence-electron chi connectivity index (χ0n) is 12.2. The van der Waals surface area contributed by atoms with Crippen LogP contribution in [0, 0.1) is 0 Å². The smallest absolute Gasteiger partial charge is 0.259 e. The Morgan fingerprint density at radius 2 is 2.18 bits per heavy atom. The third-order valence-electron chi connectivity index (χ3n) is 3.05. The lowest BCUT2D eigenvalue weighted by molar-refractivity contribution is 0.0728. The molecule has 1 amide bonds. The van der Waals surface area contributed by atoms with E-state index in [1.807, 2.05) is 19.1 Å². The molecule has 0 saturated heterocycles. The summed E-state index contributed by atoms with van der Waals surface area (Å²) in [4.78, 5) is 18.2. The molecular weight excluding hydrogens is 348 g/mol. The van der Waals surface area contributed by atoms with Gasteiger partial charge in [-0.2, -0.15) is 0 Å². The van der Waals surface area contributed by atoms with E-state index in [2.05, 4.69) is 20.9 Å². The highest BCUT2D eigenvalue weighted by atomic mass is 79.9. The third kappa shape index (κ3) is 4.05. The van der Waals surface area contributed by atoms with Crippen LogP contribution < -0.4 is 4.74 Å². The molecule has 6 heteroatoms. The van der Waals surface area contributed by atoms with Crippen LogP contribution in [0.15, 0.2) is 47.1 Å². The molecule has 0 aliphatic heterocycles. The standard InChI is InChI=1S/C16H17BrN2O3/c1-2-19(9-10-20)16(21)14-7-4-8-18-15(14)22-13-6-3-5-12(17)11-13/h3-8,11,20H,2,9-10H2,1H3. The lowest BCUT2D eigenvalue weighted by Gasteiger charge is -2.20. The Bertz CT molecular complexity index is 649. The number of hydrogen-bond acceptors (Lipinski definition) is 4. The number of rotatable bonds is 6. The SMILES string of the molecule is CCN(CCO)C(=O)c1cccnc1Oc1cccc(Br)c1. The summed E-state index contributed by atoms with van der Waals surface area (Å²) in [6.07, 6.45) is 1.58. The van der Waals surface area contributed by atoms with E-state index in [9.17, 15) is 4.79 Å². The van der Waals surface area contributed by atoms with Crippen molar-refractivity contribution in [3.63, 3.8) is 0 Å². The second-order valence-corrected chi connectivity index (χ2v) is 5.44. The fourth-order valence-electron chi connectivity index (χ4n) is 1.97. The molecule has 1 N–H and O–H groups in total. The number of ether oxygens (including phenoxy) is 1. The number of amides is 1. The first-order valence-corrected chi connectivity index (χ1v) is 7.73. The fraction of sp³-hybridized carbons (Fsp3) is 0.250. The van der Waals surface area contributed by atoms with Crippen molar-refractivity contribution >= 4 is 21.8 Å². The molecule has 0 unspecified atom stereocenters. The number of aromatic nitrogens is 1. The van der Waals surface area contributed by atoms with Crippen LogP contribution in [0.5, 0.6) is 11.6 Å². The average molecular weight is 365 g/mol. The summed E-state index contributed by atoms with van der Waals surface area (Å²) in [6.45, 7) is 2.56. The lowest BCUT2D eigenvalue weighted by Crippen LogP contribution is -2.33. The molecule has 0 radical (unpaired) electrons. The minimum Gasteiger partial charge on any atom is -0.438 e. The first-order valence-electron chi connectivity index (χ1n) is 6.94. The summed E-state index contributed by atoms with van der Waals surface area (Å²) in [6, 6.07) is 10.7. The first kappa shape index (κ1) is 16.5. The van der Waals surface area contributed by atoms with Gasteiger partial charge in [0.15, 0.2) is 0 Å².